The van der Waals surface area contributed by atoms with Gasteiger partial charge in [0.1, 0.15) is 5.82 Å². The topological polar surface area (TPSA) is 57.7 Å². The van der Waals surface area contributed by atoms with Crippen LogP contribution in [0.1, 0.15) is 25.7 Å². The molecule has 2 aliphatic rings. The summed E-state index contributed by atoms with van der Waals surface area (Å²) in [5, 5.41) is 8.13. The van der Waals surface area contributed by atoms with E-state index < -0.39 is 0 Å². The van der Waals surface area contributed by atoms with Crippen LogP contribution < -0.4 is 4.90 Å². The minimum Gasteiger partial charge on any atom is -0.359 e. The standard InChI is InChI=1S/C14H18ClN5/c1-20(7-10-5-8-2-3-9(10)4-8)13-11-6-16-19-12(11)17-14(15)18-13/h6,8-10H,2-5,7H2,1H3,(H,16,17,18,19). The minimum absolute atomic E-state index is 0.275. The number of H-pyrrole nitrogens is 1. The predicted octanol–water partition coefficient (Wildman–Crippen LogP) is 2.88. The average Bonchev–Trinajstić information content (AvgIpc) is 3.12. The lowest BCUT2D eigenvalue weighted by atomic mass is 9.88. The summed E-state index contributed by atoms with van der Waals surface area (Å²) in [7, 11) is 2.09. The fourth-order valence-electron chi connectivity index (χ4n) is 4.12. The first-order valence-electron chi connectivity index (χ1n) is 7.28. The summed E-state index contributed by atoms with van der Waals surface area (Å²) >= 11 is 6.01. The molecule has 0 spiro atoms. The van der Waals surface area contributed by atoms with Crippen molar-refractivity contribution in [1.82, 2.24) is 20.2 Å². The van der Waals surface area contributed by atoms with Gasteiger partial charge in [-0.25, -0.2) is 0 Å². The Morgan fingerprint density at radius 3 is 3.00 bits per heavy atom. The van der Waals surface area contributed by atoms with Crippen LogP contribution in [0.4, 0.5) is 5.82 Å². The van der Waals surface area contributed by atoms with Crippen LogP contribution in [0.2, 0.25) is 5.28 Å². The van der Waals surface area contributed by atoms with E-state index in [9.17, 15) is 0 Å². The molecule has 1 N–H and O–H groups in total. The highest BCUT2D eigenvalue weighted by Gasteiger charge is 2.39. The van der Waals surface area contributed by atoms with E-state index in [0.717, 1.165) is 35.5 Å². The molecule has 20 heavy (non-hydrogen) atoms. The monoisotopic (exact) mass is 291 g/mol. The maximum atomic E-state index is 6.01. The van der Waals surface area contributed by atoms with Gasteiger partial charge in [-0.15, -0.1) is 0 Å². The van der Waals surface area contributed by atoms with Gasteiger partial charge in [0, 0.05) is 13.6 Å². The van der Waals surface area contributed by atoms with Gasteiger partial charge in [0.25, 0.3) is 0 Å². The average molecular weight is 292 g/mol. The smallest absolute Gasteiger partial charge is 0.226 e. The van der Waals surface area contributed by atoms with Gasteiger partial charge in [-0.3, -0.25) is 5.10 Å². The second kappa shape index (κ2) is 4.58. The minimum atomic E-state index is 0.275. The normalized spacial score (nSPS) is 28.4. The Bertz CT molecular complexity index is 640. The molecule has 4 rings (SSSR count). The first-order valence-corrected chi connectivity index (χ1v) is 7.66. The largest absolute Gasteiger partial charge is 0.359 e. The summed E-state index contributed by atoms with van der Waals surface area (Å²) < 4.78 is 0. The predicted molar refractivity (Wildman–Crippen MR) is 78.9 cm³/mol. The van der Waals surface area contributed by atoms with Crippen molar-refractivity contribution in [3.63, 3.8) is 0 Å². The van der Waals surface area contributed by atoms with Crippen LogP contribution in [0.25, 0.3) is 11.0 Å². The van der Waals surface area contributed by atoms with Crippen molar-refractivity contribution in [2.24, 2.45) is 17.8 Å². The van der Waals surface area contributed by atoms with Crippen LogP contribution in [-0.2, 0) is 0 Å². The third kappa shape index (κ3) is 1.95. The lowest BCUT2D eigenvalue weighted by Gasteiger charge is -2.28. The van der Waals surface area contributed by atoms with E-state index in [1.807, 2.05) is 0 Å². The van der Waals surface area contributed by atoms with Crippen molar-refractivity contribution in [3.8, 4) is 0 Å². The van der Waals surface area contributed by atoms with E-state index in [1.54, 1.807) is 6.20 Å². The first-order chi connectivity index (χ1) is 9.70. The van der Waals surface area contributed by atoms with Gasteiger partial charge in [-0.05, 0) is 48.6 Å². The van der Waals surface area contributed by atoms with Crippen LogP contribution in [0.5, 0.6) is 0 Å². The molecule has 2 heterocycles. The van der Waals surface area contributed by atoms with Gasteiger partial charge in [0.05, 0.1) is 11.6 Å². The molecule has 2 fully saturated rings. The number of nitrogens with one attached hydrogen (secondary N) is 1. The quantitative estimate of drug-likeness (QED) is 0.884. The van der Waals surface area contributed by atoms with Crippen LogP contribution in [-0.4, -0.2) is 33.8 Å². The summed E-state index contributed by atoms with van der Waals surface area (Å²) in [5.74, 6) is 3.58. The molecule has 0 amide bonds. The number of halogens is 1. The molecular formula is C14H18ClN5. The number of rotatable bonds is 3. The zero-order valence-corrected chi connectivity index (χ0v) is 12.3. The SMILES string of the molecule is CN(CC1CC2CCC1C2)c1nc(Cl)nc2[nH]ncc12. The van der Waals surface area contributed by atoms with Gasteiger partial charge in [-0.2, -0.15) is 15.1 Å². The number of hydrogen-bond acceptors (Lipinski definition) is 4. The number of aromatic amines is 1. The zero-order valence-electron chi connectivity index (χ0n) is 11.5. The molecule has 0 saturated heterocycles. The lowest BCUT2D eigenvalue weighted by Crippen LogP contribution is -2.29. The van der Waals surface area contributed by atoms with Gasteiger partial charge in [0.15, 0.2) is 5.65 Å². The van der Waals surface area contributed by atoms with E-state index >= 15 is 0 Å². The molecule has 3 atom stereocenters. The summed E-state index contributed by atoms with van der Waals surface area (Å²) in [6.45, 7) is 1.05. The number of hydrogen-bond donors (Lipinski definition) is 1. The second-order valence-corrected chi connectivity index (χ2v) is 6.60. The Morgan fingerprint density at radius 2 is 2.25 bits per heavy atom. The molecular weight excluding hydrogens is 274 g/mol. The Hall–Kier alpha value is -1.36. The van der Waals surface area contributed by atoms with Gasteiger partial charge < -0.3 is 4.90 Å². The molecule has 106 valence electrons. The summed E-state index contributed by atoms with van der Waals surface area (Å²) in [5.41, 5.74) is 0.708. The molecule has 2 saturated carbocycles. The van der Waals surface area contributed by atoms with E-state index in [1.165, 1.54) is 25.7 Å². The maximum absolute atomic E-state index is 6.01. The van der Waals surface area contributed by atoms with Crippen molar-refractivity contribution in [1.29, 1.82) is 0 Å². The van der Waals surface area contributed by atoms with Gasteiger partial charge in [-0.1, -0.05) is 6.42 Å². The highest BCUT2D eigenvalue weighted by atomic mass is 35.5. The molecule has 6 heteroatoms. The third-order valence-corrected chi connectivity index (χ3v) is 5.19. The van der Waals surface area contributed by atoms with E-state index in [4.69, 9.17) is 11.6 Å². The number of fused-ring (bicyclic) bond motifs is 3. The molecule has 0 radical (unpaired) electrons. The number of aromatic nitrogens is 4. The van der Waals surface area contributed by atoms with Crippen molar-refractivity contribution >= 4 is 28.5 Å². The van der Waals surface area contributed by atoms with E-state index in [0.29, 0.717) is 5.65 Å². The van der Waals surface area contributed by atoms with E-state index in [-0.39, 0.29) is 5.28 Å². The Morgan fingerprint density at radius 1 is 1.35 bits per heavy atom. The lowest BCUT2D eigenvalue weighted by molar-refractivity contribution is 0.337. The Labute approximate surface area is 122 Å². The molecule has 2 aromatic heterocycles. The van der Waals surface area contributed by atoms with Gasteiger partial charge in [0.2, 0.25) is 5.28 Å². The Kier molecular flexibility index (Phi) is 2.84. The Balaban J connectivity index is 1.60. The van der Waals surface area contributed by atoms with Crippen molar-refractivity contribution in [2.75, 3.05) is 18.5 Å². The fourth-order valence-corrected chi connectivity index (χ4v) is 4.29. The van der Waals surface area contributed by atoms with Crippen molar-refractivity contribution in [2.45, 2.75) is 25.7 Å². The molecule has 2 aromatic rings. The molecule has 0 aromatic carbocycles. The highest BCUT2D eigenvalue weighted by molar-refractivity contribution is 6.28. The van der Waals surface area contributed by atoms with E-state index in [2.05, 4.69) is 32.1 Å². The zero-order chi connectivity index (χ0) is 13.7. The van der Waals surface area contributed by atoms with Crippen LogP contribution in [0.3, 0.4) is 0 Å². The van der Waals surface area contributed by atoms with Crippen LogP contribution in [0.15, 0.2) is 6.20 Å². The van der Waals surface area contributed by atoms with Crippen molar-refractivity contribution < 1.29 is 0 Å². The first kappa shape index (κ1) is 12.4. The maximum Gasteiger partial charge on any atom is 0.226 e. The third-order valence-electron chi connectivity index (χ3n) is 5.02. The second-order valence-electron chi connectivity index (χ2n) is 6.26. The van der Waals surface area contributed by atoms with Crippen LogP contribution in [0, 0.1) is 17.8 Å². The van der Waals surface area contributed by atoms with Crippen molar-refractivity contribution in [3.05, 3.63) is 11.5 Å². The number of anilines is 1. The summed E-state index contributed by atoms with van der Waals surface area (Å²) in [6.07, 6.45) is 7.44. The van der Waals surface area contributed by atoms with Gasteiger partial charge >= 0.3 is 0 Å². The molecule has 5 nitrogen and oxygen atoms in total. The molecule has 2 aliphatic carbocycles. The van der Waals surface area contributed by atoms with Crippen LogP contribution >= 0.6 is 11.6 Å². The summed E-state index contributed by atoms with van der Waals surface area (Å²) in [6, 6.07) is 0. The molecule has 3 unspecified atom stereocenters. The fraction of sp³-hybridized carbons (Fsp3) is 0.643. The molecule has 0 aliphatic heterocycles. The highest BCUT2D eigenvalue weighted by Crippen LogP contribution is 2.48. The summed E-state index contributed by atoms with van der Waals surface area (Å²) in [4.78, 5) is 10.8. The molecule has 2 bridgehead atoms. The number of nitrogens with zero attached hydrogens (tertiary/aromatic N) is 4.